The molecule has 0 bridgehead atoms. The molecule has 2 aromatic heterocycles. The highest BCUT2D eigenvalue weighted by Crippen LogP contribution is 2.20. The number of alkyl halides is 3. The monoisotopic (exact) mass is 319 g/mol. The molecule has 0 aliphatic rings. The van der Waals surface area contributed by atoms with Gasteiger partial charge in [0.2, 0.25) is 5.91 Å². The molecule has 21 heavy (non-hydrogen) atoms. The summed E-state index contributed by atoms with van der Waals surface area (Å²) in [5, 5.41) is 10.9. The highest BCUT2D eigenvalue weighted by atomic mass is 32.1. The number of rotatable bonds is 4. The molecule has 0 radical (unpaired) electrons. The van der Waals surface area contributed by atoms with Crippen LogP contribution in [0.5, 0.6) is 0 Å². The Morgan fingerprint density at radius 2 is 2.14 bits per heavy atom. The van der Waals surface area contributed by atoms with E-state index in [4.69, 9.17) is 0 Å². The number of aromatic nitrogens is 4. The molecule has 1 N–H and O–H groups in total. The molecule has 1 amide bonds. The predicted octanol–water partition coefficient (Wildman–Crippen LogP) is 1.43. The maximum Gasteiger partial charge on any atom is 0.456 e. The Balaban J connectivity index is 1.99. The van der Waals surface area contributed by atoms with Gasteiger partial charge in [-0.25, -0.2) is 9.67 Å². The van der Waals surface area contributed by atoms with Gasteiger partial charge in [-0.1, -0.05) is 5.21 Å². The van der Waals surface area contributed by atoms with Crippen molar-refractivity contribution in [3.05, 3.63) is 23.0 Å². The molecule has 0 saturated heterocycles. The lowest BCUT2D eigenvalue weighted by Crippen LogP contribution is -2.23. The first-order valence-corrected chi connectivity index (χ1v) is 6.37. The molecule has 2 rings (SSSR count). The van der Waals surface area contributed by atoms with Gasteiger partial charge in [0.15, 0.2) is 10.8 Å². The van der Waals surface area contributed by atoms with Gasteiger partial charge < -0.3 is 5.32 Å². The summed E-state index contributed by atoms with van der Waals surface area (Å²) in [5.41, 5.74) is -0.130. The molecule has 0 aliphatic heterocycles. The normalized spacial score (nSPS) is 11.4. The molecule has 0 aromatic carbocycles. The van der Waals surface area contributed by atoms with Gasteiger partial charge in [-0.05, 0) is 6.92 Å². The fraction of sp³-hybridized carbons (Fsp3) is 0.300. The lowest BCUT2D eigenvalue weighted by Gasteiger charge is -2.01. The highest BCUT2D eigenvalue weighted by Gasteiger charge is 2.41. The topological polar surface area (TPSA) is 89.8 Å². The zero-order valence-corrected chi connectivity index (χ0v) is 11.3. The molecule has 0 unspecified atom stereocenters. The third-order valence-corrected chi connectivity index (χ3v) is 3.08. The van der Waals surface area contributed by atoms with E-state index in [2.05, 4.69) is 20.6 Å². The zero-order chi connectivity index (χ0) is 15.6. The number of carbonyl (C=O) groups excluding carboxylic acids is 2. The second kappa shape index (κ2) is 5.60. The van der Waals surface area contributed by atoms with E-state index in [0.29, 0.717) is 5.13 Å². The van der Waals surface area contributed by atoms with Crippen molar-refractivity contribution in [3.63, 3.8) is 0 Å². The smallest absolute Gasteiger partial charge is 0.300 e. The molecule has 11 heteroatoms. The van der Waals surface area contributed by atoms with E-state index in [1.165, 1.54) is 11.3 Å². The number of nitrogens with one attached hydrogen (secondary N) is 1. The number of carbonyl (C=O) groups is 2. The Morgan fingerprint density at radius 1 is 1.43 bits per heavy atom. The SMILES string of the molecule is Cc1csc(NC(=O)Cn2cc(C(=O)C(F)(F)F)nn2)n1. The maximum atomic E-state index is 12.2. The van der Waals surface area contributed by atoms with Crippen LogP contribution in [-0.2, 0) is 11.3 Å². The van der Waals surface area contributed by atoms with Crippen molar-refractivity contribution >= 4 is 28.2 Å². The third-order valence-electron chi connectivity index (χ3n) is 2.20. The van der Waals surface area contributed by atoms with Crippen molar-refractivity contribution in [3.8, 4) is 0 Å². The number of aryl methyl sites for hydroxylation is 1. The third kappa shape index (κ3) is 3.84. The number of hydrogen-bond donors (Lipinski definition) is 1. The Bertz CT molecular complexity index is 678. The molecular formula is C10H8F3N5O2S. The van der Waals surface area contributed by atoms with Crippen molar-refractivity contribution in [2.45, 2.75) is 19.6 Å². The Kier molecular flexibility index (Phi) is 4.02. The molecule has 0 spiro atoms. The summed E-state index contributed by atoms with van der Waals surface area (Å²) in [4.78, 5) is 26.5. The van der Waals surface area contributed by atoms with Crippen LogP contribution in [0.3, 0.4) is 0 Å². The average molecular weight is 319 g/mol. The Labute approximate surface area is 119 Å². The van der Waals surface area contributed by atoms with Gasteiger partial charge in [-0.2, -0.15) is 13.2 Å². The Morgan fingerprint density at radius 3 is 2.71 bits per heavy atom. The molecular weight excluding hydrogens is 311 g/mol. The lowest BCUT2D eigenvalue weighted by molar-refractivity contribution is -0.116. The molecule has 0 aliphatic carbocycles. The molecule has 2 heterocycles. The van der Waals surface area contributed by atoms with Gasteiger partial charge in [0, 0.05) is 5.38 Å². The second-order valence-corrected chi connectivity index (χ2v) is 4.83. The van der Waals surface area contributed by atoms with Gasteiger partial charge in [0.05, 0.1) is 11.9 Å². The van der Waals surface area contributed by atoms with Crippen molar-refractivity contribution in [2.24, 2.45) is 0 Å². The molecule has 7 nitrogen and oxygen atoms in total. The van der Waals surface area contributed by atoms with Crippen molar-refractivity contribution in [2.75, 3.05) is 5.32 Å². The summed E-state index contributed by atoms with van der Waals surface area (Å²) in [5.74, 6) is -2.65. The molecule has 0 fully saturated rings. The van der Waals surface area contributed by atoms with E-state index in [0.717, 1.165) is 16.6 Å². The van der Waals surface area contributed by atoms with Gasteiger partial charge >= 0.3 is 6.18 Å². The van der Waals surface area contributed by atoms with Crippen LogP contribution in [0.25, 0.3) is 0 Å². The fourth-order valence-corrected chi connectivity index (χ4v) is 2.05. The molecule has 0 saturated carbocycles. The number of anilines is 1. The summed E-state index contributed by atoms with van der Waals surface area (Å²) in [6.07, 6.45) is -4.26. The minimum atomic E-state index is -5.03. The van der Waals surface area contributed by atoms with Crippen LogP contribution in [0.1, 0.15) is 16.2 Å². The number of thiazole rings is 1. The summed E-state index contributed by atoms with van der Waals surface area (Å²) in [7, 11) is 0. The summed E-state index contributed by atoms with van der Waals surface area (Å²) in [6.45, 7) is 1.37. The minimum absolute atomic E-state index is 0.365. The maximum absolute atomic E-state index is 12.2. The van der Waals surface area contributed by atoms with E-state index in [-0.39, 0.29) is 6.54 Å². The van der Waals surface area contributed by atoms with Crippen LogP contribution in [-0.4, -0.2) is 37.8 Å². The van der Waals surface area contributed by atoms with Gasteiger partial charge in [0.25, 0.3) is 5.78 Å². The van der Waals surface area contributed by atoms with E-state index in [1.54, 1.807) is 12.3 Å². The molecule has 2 aromatic rings. The number of halogens is 3. The number of Topliss-reactive ketones (excluding diaryl/α,β-unsaturated/α-hetero) is 1. The minimum Gasteiger partial charge on any atom is -0.300 e. The van der Waals surface area contributed by atoms with E-state index < -0.39 is 23.6 Å². The number of nitrogens with zero attached hydrogens (tertiary/aromatic N) is 4. The van der Waals surface area contributed by atoms with Crippen LogP contribution in [0.4, 0.5) is 18.3 Å². The predicted molar refractivity (Wildman–Crippen MR) is 65.9 cm³/mol. The van der Waals surface area contributed by atoms with Crippen LogP contribution >= 0.6 is 11.3 Å². The van der Waals surface area contributed by atoms with Crippen LogP contribution in [0.15, 0.2) is 11.6 Å². The standard InChI is InChI=1S/C10H8F3N5O2S/c1-5-4-21-9(14-5)15-7(19)3-18-2-6(16-17-18)8(20)10(11,12)13/h2,4H,3H2,1H3,(H,14,15,19). The lowest BCUT2D eigenvalue weighted by atomic mass is 10.3. The summed E-state index contributed by atoms with van der Waals surface area (Å²) in [6, 6.07) is 0. The van der Waals surface area contributed by atoms with Crippen LogP contribution < -0.4 is 5.32 Å². The number of hydrogen-bond acceptors (Lipinski definition) is 6. The van der Waals surface area contributed by atoms with Crippen molar-refractivity contribution in [1.29, 1.82) is 0 Å². The van der Waals surface area contributed by atoms with Crippen LogP contribution in [0, 0.1) is 6.92 Å². The van der Waals surface area contributed by atoms with Crippen LogP contribution in [0.2, 0.25) is 0 Å². The quantitative estimate of drug-likeness (QED) is 0.861. The first kappa shape index (κ1) is 15.1. The highest BCUT2D eigenvalue weighted by molar-refractivity contribution is 7.13. The fourth-order valence-electron chi connectivity index (χ4n) is 1.34. The van der Waals surface area contributed by atoms with E-state index in [1.807, 2.05) is 0 Å². The van der Waals surface area contributed by atoms with Gasteiger partial charge in [0.1, 0.15) is 6.54 Å². The summed E-state index contributed by atoms with van der Waals surface area (Å²) < 4.78 is 37.4. The van der Waals surface area contributed by atoms with Crippen molar-refractivity contribution in [1.82, 2.24) is 20.0 Å². The van der Waals surface area contributed by atoms with E-state index >= 15 is 0 Å². The van der Waals surface area contributed by atoms with Gasteiger partial charge in [-0.15, -0.1) is 16.4 Å². The number of amides is 1. The first-order valence-electron chi connectivity index (χ1n) is 5.49. The van der Waals surface area contributed by atoms with E-state index in [9.17, 15) is 22.8 Å². The zero-order valence-electron chi connectivity index (χ0n) is 10.5. The average Bonchev–Trinajstić information content (AvgIpc) is 2.96. The second-order valence-electron chi connectivity index (χ2n) is 3.97. The summed E-state index contributed by atoms with van der Waals surface area (Å²) >= 11 is 1.21. The molecule has 112 valence electrons. The van der Waals surface area contributed by atoms with Gasteiger partial charge in [-0.3, -0.25) is 9.59 Å². The Hall–Kier alpha value is -2.30. The molecule has 0 atom stereocenters. The number of ketones is 1. The first-order chi connectivity index (χ1) is 9.75. The largest absolute Gasteiger partial charge is 0.456 e. The van der Waals surface area contributed by atoms with Crippen molar-refractivity contribution < 1.29 is 22.8 Å².